The molecular weight excluding hydrogens is 200 g/mol. The molecule has 1 aromatic carbocycles. The number of rotatable bonds is 5. The summed E-state index contributed by atoms with van der Waals surface area (Å²) in [6.45, 7) is 2.46. The molecule has 15 heavy (non-hydrogen) atoms. The topological polar surface area (TPSA) is 32.3 Å². The van der Waals surface area contributed by atoms with Crippen LogP contribution in [0.15, 0.2) is 18.2 Å². The van der Waals surface area contributed by atoms with Gasteiger partial charge in [0.1, 0.15) is 0 Å². The molecule has 4 heteroatoms. The largest absolute Gasteiger partial charge is 0.392 e. The molecular formula is C11H15F2NO. The molecule has 0 amide bonds. The molecule has 0 radical (unpaired) electrons. The molecule has 0 aromatic heterocycles. The minimum atomic E-state index is -0.842. The molecule has 1 rings (SSSR count). The first-order valence-corrected chi connectivity index (χ1v) is 4.96. The zero-order valence-corrected chi connectivity index (χ0v) is 8.63. The number of aliphatic hydroxyl groups excluding tert-OH is 1. The molecule has 0 aliphatic heterocycles. The summed E-state index contributed by atoms with van der Waals surface area (Å²) in [6, 6.07) is 4.06. The summed E-state index contributed by atoms with van der Waals surface area (Å²) in [5.74, 6) is -1.67. The summed E-state index contributed by atoms with van der Waals surface area (Å²) in [7, 11) is 0. The van der Waals surface area contributed by atoms with Crippen molar-refractivity contribution in [1.82, 2.24) is 5.32 Å². The standard InChI is InChI=1S/C11H15F2NO/c1-2-9(15)7-14-6-8-4-3-5-10(12)11(8)13/h3-5,9,14-15H,2,6-7H2,1H3. The average molecular weight is 215 g/mol. The first-order valence-electron chi connectivity index (χ1n) is 4.96. The Balaban J connectivity index is 2.47. The van der Waals surface area contributed by atoms with Gasteiger partial charge in [0.15, 0.2) is 11.6 Å². The molecule has 0 fully saturated rings. The summed E-state index contributed by atoms with van der Waals surface area (Å²) in [5.41, 5.74) is 0.276. The maximum atomic E-state index is 13.1. The van der Waals surface area contributed by atoms with Gasteiger partial charge in [-0.1, -0.05) is 19.1 Å². The molecule has 84 valence electrons. The van der Waals surface area contributed by atoms with E-state index in [-0.39, 0.29) is 12.1 Å². The first-order chi connectivity index (χ1) is 7.15. The van der Waals surface area contributed by atoms with E-state index in [4.69, 9.17) is 0 Å². The van der Waals surface area contributed by atoms with Crippen LogP contribution < -0.4 is 5.32 Å². The van der Waals surface area contributed by atoms with E-state index < -0.39 is 17.7 Å². The fraction of sp³-hybridized carbons (Fsp3) is 0.455. The van der Waals surface area contributed by atoms with Crippen LogP contribution in [0.1, 0.15) is 18.9 Å². The molecule has 0 bridgehead atoms. The van der Waals surface area contributed by atoms with Gasteiger partial charge in [-0.05, 0) is 12.5 Å². The normalized spacial score (nSPS) is 12.8. The molecule has 2 N–H and O–H groups in total. The lowest BCUT2D eigenvalue weighted by Gasteiger charge is -2.09. The second-order valence-corrected chi connectivity index (χ2v) is 3.41. The van der Waals surface area contributed by atoms with Crippen molar-refractivity contribution >= 4 is 0 Å². The van der Waals surface area contributed by atoms with E-state index in [1.807, 2.05) is 6.92 Å². The Morgan fingerprint density at radius 1 is 1.40 bits per heavy atom. The van der Waals surface area contributed by atoms with Gasteiger partial charge in [0, 0.05) is 18.7 Å². The van der Waals surface area contributed by atoms with Crippen LogP contribution in [-0.4, -0.2) is 17.8 Å². The Bertz CT molecular complexity index is 317. The number of halogens is 2. The monoisotopic (exact) mass is 215 g/mol. The molecule has 0 saturated carbocycles. The highest BCUT2D eigenvalue weighted by Gasteiger charge is 2.07. The zero-order valence-electron chi connectivity index (χ0n) is 8.63. The van der Waals surface area contributed by atoms with E-state index in [0.29, 0.717) is 13.0 Å². The van der Waals surface area contributed by atoms with Crippen molar-refractivity contribution in [2.45, 2.75) is 26.0 Å². The highest BCUT2D eigenvalue weighted by molar-refractivity contribution is 5.18. The quantitative estimate of drug-likeness (QED) is 0.785. The third-order valence-electron chi connectivity index (χ3n) is 2.20. The Morgan fingerprint density at radius 3 is 2.80 bits per heavy atom. The molecule has 1 atom stereocenters. The number of hydrogen-bond acceptors (Lipinski definition) is 2. The highest BCUT2D eigenvalue weighted by Crippen LogP contribution is 2.10. The minimum absolute atomic E-state index is 0.223. The van der Waals surface area contributed by atoms with Gasteiger partial charge in [-0.3, -0.25) is 0 Å². The van der Waals surface area contributed by atoms with Gasteiger partial charge >= 0.3 is 0 Å². The molecule has 0 heterocycles. The van der Waals surface area contributed by atoms with Crippen LogP contribution in [0.4, 0.5) is 8.78 Å². The van der Waals surface area contributed by atoms with Gasteiger partial charge in [-0.25, -0.2) is 8.78 Å². The second-order valence-electron chi connectivity index (χ2n) is 3.41. The zero-order chi connectivity index (χ0) is 11.3. The summed E-state index contributed by atoms with van der Waals surface area (Å²) in [4.78, 5) is 0. The fourth-order valence-corrected chi connectivity index (χ4v) is 1.20. The van der Waals surface area contributed by atoms with Crippen LogP contribution >= 0.6 is 0 Å². The molecule has 1 aromatic rings. The third kappa shape index (κ3) is 3.57. The molecule has 2 nitrogen and oxygen atoms in total. The van der Waals surface area contributed by atoms with Gasteiger partial charge < -0.3 is 10.4 Å². The van der Waals surface area contributed by atoms with E-state index in [1.165, 1.54) is 12.1 Å². The van der Waals surface area contributed by atoms with E-state index in [2.05, 4.69) is 5.32 Å². The predicted octanol–water partition coefficient (Wildman–Crippen LogP) is 1.83. The fourth-order valence-electron chi connectivity index (χ4n) is 1.20. The molecule has 0 aliphatic rings. The van der Waals surface area contributed by atoms with Crippen molar-refractivity contribution < 1.29 is 13.9 Å². The number of aliphatic hydroxyl groups is 1. The van der Waals surface area contributed by atoms with Crippen molar-refractivity contribution in [2.24, 2.45) is 0 Å². The maximum absolute atomic E-state index is 13.1. The number of hydrogen-bond donors (Lipinski definition) is 2. The van der Waals surface area contributed by atoms with E-state index in [9.17, 15) is 13.9 Å². The lowest BCUT2D eigenvalue weighted by Crippen LogP contribution is -2.26. The molecule has 0 saturated heterocycles. The highest BCUT2D eigenvalue weighted by atomic mass is 19.2. The summed E-state index contributed by atoms with van der Waals surface area (Å²) < 4.78 is 25.9. The minimum Gasteiger partial charge on any atom is -0.392 e. The Labute approximate surface area is 87.9 Å². The van der Waals surface area contributed by atoms with E-state index >= 15 is 0 Å². The summed E-state index contributed by atoms with van der Waals surface area (Å²) in [6.07, 6.45) is 0.195. The molecule has 1 unspecified atom stereocenters. The van der Waals surface area contributed by atoms with Crippen LogP contribution in [0.5, 0.6) is 0 Å². The SMILES string of the molecule is CCC(O)CNCc1cccc(F)c1F. The lowest BCUT2D eigenvalue weighted by atomic mass is 10.2. The lowest BCUT2D eigenvalue weighted by molar-refractivity contribution is 0.167. The van der Waals surface area contributed by atoms with Gasteiger partial charge in [-0.15, -0.1) is 0 Å². The second kappa shape index (κ2) is 5.78. The van der Waals surface area contributed by atoms with Crippen LogP contribution in [0, 0.1) is 11.6 Å². The van der Waals surface area contributed by atoms with Gasteiger partial charge in [0.25, 0.3) is 0 Å². The Morgan fingerprint density at radius 2 is 2.13 bits per heavy atom. The van der Waals surface area contributed by atoms with Gasteiger partial charge in [0.2, 0.25) is 0 Å². The summed E-state index contributed by atoms with van der Waals surface area (Å²) in [5, 5.41) is 12.1. The van der Waals surface area contributed by atoms with Crippen molar-refractivity contribution in [3.63, 3.8) is 0 Å². The van der Waals surface area contributed by atoms with E-state index in [1.54, 1.807) is 0 Å². The number of benzene rings is 1. The summed E-state index contributed by atoms with van der Waals surface area (Å²) >= 11 is 0. The van der Waals surface area contributed by atoms with Crippen LogP contribution in [0.2, 0.25) is 0 Å². The average Bonchev–Trinajstić information content (AvgIpc) is 2.24. The first kappa shape index (κ1) is 12.1. The maximum Gasteiger partial charge on any atom is 0.163 e. The number of nitrogens with one attached hydrogen (secondary N) is 1. The molecule has 0 aliphatic carbocycles. The van der Waals surface area contributed by atoms with Crippen LogP contribution in [0.3, 0.4) is 0 Å². The van der Waals surface area contributed by atoms with Crippen molar-refractivity contribution in [3.8, 4) is 0 Å². The third-order valence-corrected chi connectivity index (χ3v) is 2.20. The van der Waals surface area contributed by atoms with E-state index in [0.717, 1.165) is 6.07 Å². The van der Waals surface area contributed by atoms with Crippen LogP contribution in [0.25, 0.3) is 0 Å². The van der Waals surface area contributed by atoms with Crippen molar-refractivity contribution in [2.75, 3.05) is 6.54 Å². The molecule has 0 spiro atoms. The van der Waals surface area contributed by atoms with Gasteiger partial charge in [-0.2, -0.15) is 0 Å². The van der Waals surface area contributed by atoms with Crippen molar-refractivity contribution in [1.29, 1.82) is 0 Å². The van der Waals surface area contributed by atoms with Gasteiger partial charge in [0.05, 0.1) is 6.10 Å². The predicted molar refractivity (Wildman–Crippen MR) is 54.4 cm³/mol. The van der Waals surface area contributed by atoms with Crippen molar-refractivity contribution in [3.05, 3.63) is 35.4 Å². The smallest absolute Gasteiger partial charge is 0.163 e. The van der Waals surface area contributed by atoms with Crippen LogP contribution in [-0.2, 0) is 6.54 Å². The Kier molecular flexibility index (Phi) is 4.65. The Hall–Kier alpha value is -1.00.